The lowest BCUT2D eigenvalue weighted by atomic mass is 10.3. The third kappa shape index (κ3) is 10.7. The van der Waals surface area contributed by atoms with Crippen LogP contribution in [-0.2, 0) is 9.59 Å². The van der Waals surface area contributed by atoms with Crippen LogP contribution in [0.15, 0.2) is 0 Å². The molecule has 6 heteroatoms. The highest BCUT2D eigenvalue weighted by molar-refractivity contribution is 5.78. The van der Waals surface area contributed by atoms with Gasteiger partial charge in [0.25, 0.3) is 0 Å². The standard InChI is InChI=1S/C11H20N4O2/c1-2-6-14-10(16)4-8-13-9-11(17)15-7-3-5-12/h13H,2-4,6-9H2,1H3,(H,14,16)(H,15,17). The summed E-state index contributed by atoms with van der Waals surface area (Å²) in [6.07, 6.45) is 1.59. The Morgan fingerprint density at radius 2 is 1.82 bits per heavy atom. The molecule has 0 aromatic carbocycles. The number of nitrogens with one attached hydrogen (secondary N) is 3. The molecule has 0 spiro atoms. The third-order valence-electron chi connectivity index (χ3n) is 1.95. The van der Waals surface area contributed by atoms with Gasteiger partial charge >= 0.3 is 0 Å². The second-order valence-electron chi connectivity index (χ2n) is 3.53. The minimum absolute atomic E-state index is 0.00996. The second-order valence-corrected chi connectivity index (χ2v) is 3.53. The van der Waals surface area contributed by atoms with Crippen LogP contribution in [-0.4, -0.2) is 38.0 Å². The minimum atomic E-state index is -0.158. The lowest BCUT2D eigenvalue weighted by Gasteiger charge is -2.05. The van der Waals surface area contributed by atoms with Crippen molar-refractivity contribution in [1.82, 2.24) is 16.0 Å². The van der Waals surface area contributed by atoms with Gasteiger partial charge in [-0.05, 0) is 6.42 Å². The van der Waals surface area contributed by atoms with Crippen molar-refractivity contribution >= 4 is 11.8 Å². The topological polar surface area (TPSA) is 94.0 Å². The predicted molar refractivity (Wildman–Crippen MR) is 64.0 cm³/mol. The molecule has 2 amide bonds. The van der Waals surface area contributed by atoms with Gasteiger partial charge in [-0.1, -0.05) is 6.92 Å². The Kier molecular flexibility index (Phi) is 9.86. The van der Waals surface area contributed by atoms with Gasteiger partial charge in [-0.25, -0.2) is 0 Å². The Morgan fingerprint density at radius 1 is 1.12 bits per heavy atom. The Balaban J connectivity index is 3.35. The van der Waals surface area contributed by atoms with E-state index >= 15 is 0 Å². The highest BCUT2D eigenvalue weighted by Crippen LogP contribution is 1.79. The number of carbonyl (C=O) groups excluding carboxylic acids is 2. The second kappa shape index (κ2) is 10.9. The maximum absolute atomic E-state index is 11.2. The van der Waals surface area contributed by atoms with E-state index in [4.69, 9.17) is 5.26 Å². The monoisotopic (exact) mass is 240 g/mol. The first-order chi connectivity index (χ1) is 8.20. The summed E-state index contributed by atoms with van der Waals surface area (Å²) in [5.74, 6) is -0.168. The average Bonchev–Trinajstić information content (AvgIpc) is 2.32. The van der Waals surface area contributed by atoms with E-state index in [1.165, 1.54) is 0 Å². The molecule has 0 aliphatic heterocycles. The number of hydrogen-bond acceptors (Lipinski definition) is 4. The highest BCUT2D eigenvalue weighted by Gasteiger charge is 2.01. The molecule has 0 aliphatic rings. The van der Waals surface area contributed by atoms with Gasteiger partial charge in [-0.15, -0.1) is 0 Å². The SMILES string of the molecule is CCCNC(=O)CCNCC(=O)NCCC#N. The molecular weight excluding hydrogens is 220 g/mol. The molecule has 0 heterocycles. The van der Waals surface area contributed by atoms with E-state index in [1.807, 2.05) is 13.0 Å². The lowest BCUT2D eigenvalue weighted by molar-refractivity contribution is -0.122. The fourth-order valence-corrected chi connectivity index (χ4v) is 1.08. The summed E-state index contributed by atoms with van der Waals surface area (Å²) in [6, 6.07) is 1.94. The van der Waals surface area contributed by atoms with Crippen LogP contribution in [0.1, 0.15) is 26.2 Å². The molecular formula is C11H20N4O2. The van der Waals surface area contributed by atoms with Gasteiger partial charge in [0.1, 0.15) is 0 Å². The van der Waals surface area contributed by atoms with Gasteiger partial charge in [0.2, 0.25) is 11.8 Å². The largest absolute Gasteiger partial charge is 0.356 e. The zero-order chi connectivity index (χ0) is 12.9. The van der Waals surface area contributed by atoms with Crippen LogP contribution in [0.3, 0.4) is 0 Å². The van der Waals surface area contributed by atoms with E-state index in [9.17, 15) is 9.59 Å². The molecule has 0 saturated heterocycles. The van der Waals surface area contributed by atoms with Crippen molar-refractivity contribution in [2.24, 2.45) is 0 Å². The van der Waals surface area contributed by atoms with Crippen molar-refractivity contribution in [3.8, 4) is 6.07 Å². The maximum Gasteiger partial charge on any atom is 0.233 e. The van der Waals surface area contributed by atoms with E-state index in [-0.39, 0.29) is 18.4 Å². The number of nitriles is 1. The molecule has 0 fully saturated rings. The summed E-state index contributed by atoms with van der Waals surface area (Å²) in [5.41, 5.74) is 0. The Hall–Kier alpha value is -1.61. The number of amides is 2. The molecule has 96 valence electrons. The van der Waals surface area contributed by atoms with Crippen molar-refractivity contribution in [3.05, 3.63) is 0 Å². The molecule has 0 bridgehead atoms. The van der Waals surface area contributed by atoms with E-state index < -0.39 is 0 Å². The molecule has 0 rings (SSSR count). The van der Waals surface area contributed by atoms with Crippen LogP contribution in [0.25, 0.3) is 0 Å². The fourth-order valence-electron chi connectivity index (χ4n) is 1.08. The van der Waals surface area contributed by atoms with Crippen LogP contribution in [0.2, 0.25) is 0 Å². The summed E-state index contributed by atoms with van der Waals surface area (Å²) >= 11 is 0. The number of hydrogen-bond donors (Lipinski definition) is 3. The van der Waals surface area contributed by atoms with E-state index in [1.54, 1.807) is 0 Å². The molecule has 0 aromatic heterocycles. The first-order valence-corrected chi connectivity index (χ1v) is 5.81. The first-order valence-electron chi connectivity index (χ1n) is 5.81. The molecule has 6 nitrogen and oxygen atoms in total. The molecule has 0 atom stereocenters. The van der Waals surface area contributed by atoms with Crippen molar-refractivity contribution in [1.29, 1.82) is 5.26 Å². The smallest absolute Gasteiger partial charge is 0.233 e. The van der Waals surface area contributed by atoms with Crippen LogP contribution < -0.4 is 16.0 Å². The van der Waals surface area contributed by atoms with Gasteiger partial charge in [-0.3, -0.25) is 9.59 Å². The van der Waals surface area contributed by atoms with Gasteiger partial charge in [0.05, 0.1) is 19.0 Å². The summed E-state index contributed by atoms with van der Waals surface area (Å²) in [6.45, 7) is 3.69. The first kappa shape index (κ1) is 15.4. The number of rotatable bonds is 9. The Bertz CT molecular complexity index is 273. The highest BCUT2D eigenvalue weighted by atomic mass is 16.2. The predicted octanol–water partition coefficient (Wildman–Crippen LogP) is -0.478. The molecule has 0 unspecified atom stereocenters. The zero-order valence-electron chi connectivity index (χ0n) is 10.2. The van der Waals surface area contributed by atoms with Crippen molar-refractivity contribution in [2.45, 2.75) is 26.2 Å². The van der Waals surface area contributed by atoms with Gasteiger partial charge in [0, 0.05) is 26.1 Å². The van der Waals surface area contributed by atoms with E-state index in [2.05, 4.69) is 16.0 Å². The molecule has 0 aromatic rings. The zero-order valence-corrected chi connectivity index (χ0v) is 10.2. The van der Waals surface area contributed by atoms with Crippen molar-refractivity contribution in [3.63, 3.8) is 0 Å². The van der Waals surface area contributed by atoms with Gasteiger partial charge in [0.15, 0.2) is 0 Å². The molecule has 0 aliphatic carbocycles. The number of nitrogens with zero attached hydrogens (tertiary/aromatic N) is 1. The Morgan fingerprint density at radius 3 is 2.47 bits per heavy atom. The van der Waals surface area contributed by atoms with Crippen LogP contribution in [0, 0.1) is 11.3 Å². The van der Waals surface area contributed by atoms with Crippen molar-refractivity contribution in [2.75, 3.05) is 26.2 Å². The molecule has 3 N–H and O–H groups in total. The minimum Gasteiger partial charge on any atom is -0.356 e. The summed E-state index contributed by atoms with van der Waals surface area (Å²) < 4.78 is 0. The summed E-state index contributed by atoms with van der Waals surface area (Å²) in [7, 11) is 0. The van der Waals surface area contributed by atoms with Crippen molar-refractivity contribution < 1.29 is 9.59 Å². The van der Waals surface area contributed by atoms with Crippen LogP contribution in [0.5, 0.6) is 0 Å². The van der Waals surface area contributed by atoms with Gasteiger partial charge in [-0.2, -0.15) is 5.26 Å². The summed E-state index contributed by atoms with van der Waals surface area (Å²) in [4.78, 5) is 22.3. The molecule has 0 saturated carbocycles. The molecule has 17 heavy (non-hydrogen) atoms. The maximum atomic E-state index is 11.2. The quantitative estimate of drug-likeness (QED) is 0.475. The van der Waals surface area contributed by atoms with Crippen LogP contribution >= 0.6 is 0 Å². The lowest BCUT2D eigenvalue weighted by Crippen LogP contribution is -2.36. The van der Waals surface area contributed by atoms with E-state index in [0.717, 1.165) is 6.42 Å². The van der Waals surface area contributed by atoms with Gasteiger partial charge < -0.3 is 16.0 Å². The van der Waals surface area contributed by atoms with Crippen LogP contribution in [0.4, 0.5) is 0 Å². The third-order valence-corrected chi connectivity index (χ3v) is 1.95. The van der Waals surface area contributed by atoms with E-state index in [0.29, 0.717) is 32.5 Å². The Labute approximate surface area is 102 Å². The fraction of sp³-hybridized carbons (Fsp3) is 0.727. The number of carbonyl (C=O) groups is 2. The molecule has 0 radical (unpaired) electrons. The summed E-state index contributed by atoms with van der Waals surface area (Å²) in [5, 5.41) is 16.5. The average molecular weight is 240 g/mol. The normalized spacial score (nSPS) is 9.41.